The van der Waals surface area contributed by atoms with Gasteiger partial charge in [-0.15, -0.1) is 0 Å². The summed E-state index contributed by atoms with van der Waals surface area (Å²) in [4.78, 5) is 25.6. The molecule has 2 heterocycles. The van der Waals surface area contributed by atoms with Crippen LogP contribution in [0.2, 0.25) is 0 Å². The molecule has 1 aliphatic heterocycles. The van der Waals surface area contributed by atoms with E-state index in [4.69, 9.17) is 4.74 Å². The molecule has 1 saturated heterocycles. The van der Waals surface area contributed by atoms with Crippen LogP contribution in [-0.4, -0.2) is 52.5 Å². The standard InChI is InChI=1S/C24H28N4O5S2/c1-3-16-9-7-10-17(4-2)22(16)25-21(29)15-33-24(30)19-12-5-6-14-28(19)35(31,32)20-13-8-11-18-23(20)27-34-26-18/h7-11,13,19H,3-6,12,14-15H2,1-2H3,(H,25,29). The monoisotopic (exact) mass is 516 g/mol. The maximum absolute atomic E-state index is 13.5. The molecule has 2 aromatic carbocycles. The number of carbonyl (C=O) groups is 2. The summed E-state index contributed by atoms with van der Waals surface area (Å²) < 4.78 is 41.8. The molecular formula is C24H28N4O5S2. The van der Waals surface area contributed by atoms with Crippen molar-refractivity contribution in [1.29, 1.82) is 0 Å². The summed E-state index contributed by atoms with van der Waals surface area (Å²) in [7, 11) is -4.02. The molecule has 11 heteroatoms. The SMILES string of the molecule is CCc1cccc(CC)c1NC(=O)COC(=O)C1CCCCN1S(=O)(=O)c1cccc2nsnc12. The van der Waals surface area contributed by atoms with Crippen LogP contribution in [0.25, 0.3) is 11.0 Å². The summed E-state index contributed by atoms with van der Waals surface area (Å²) in [5, 5.41) is 2.86. The van der Waals surface area contributed by atoms with E-state index in [1.165, 1.54) is 10.4 Å². The highest BCUT2D eigenvalue weighted by Gasteiger charge is 2.39. The highest BCUT2D eigenvalue weighted by Crippen LogP contribution is 2.30. The van der Waals surface area contributed by atoms with Gasteiger partial charge < -0.3 is 10.1 Å². The number of esters is 1. The number of aryl methyl sites for hydroxylation is 2. The lowest BCUT2D eigenvalue weighted by molar-refractivity contribution is -0.152. The minimum Gasteiger partial charge on any atom is -0.454 e. The fourth-order valence-electron chi connectivity index (χ4n) is 4.36. The Hall–Kier alpha value is -2.89. The number of hydrogen-bond donors (Lipinski definition) is 1. The number of ether oxygens (including phenoxy) is 1. The summed E-state index contributed by atoms with van der Waals surface area (Å²) >= 11 is 0.935. The molecule has 0 aliphatic carbocycles. The number of sulfonamides is 1. The molecule has 0 saturated carbocycles. The van der Waals surface area contributed by atoms with Gasteiger partial charge in [-0.3, -0.25) is 9.59 Å². The Morgan fingerprint density at radius 3 is 2.51 bits per heavy atom. The van der Waals surface area contributed by atoms with Gasteiger partial charge >= 0.3 is 5.97 Å². The molecule has 0 bridgehead atoms. The van der Waals surface area contributed by atoms with Gasteiger partial charge in [-0.05, 0) is 55.4 Å². The summed E-state index contributed by atoms with van der Waals surface area (Å²) in [6, 6.07) is 9.62. The number of rotatable bonds is 8. The average molecular weight is 517 g/mol. The number of para-hydroxylation sites is 1. The largest absolute Gasteiger partial charge is 0.454 e. The molecule has 1 fully saturated rings. The minimum atomic E-state index is -4.02. The summed E-state index contributed by atoms with van der Waals surface area (Å²) in [6.45, 7) is 3.71. The third-order valence-corrected chi connectivity index (χ3v) is 8.65. The van der Waals surface area contributed by atoms with Crippen LogP contribution in [0.3, 0.4) is 0 Å². The molecule has 186 valence electrons. The third kappa shape index (κ3) is 5.21. The number of amides is 1. The minimum absolute atomic E-state index is 0.0180. The zero-order valence-corrected chi connectivity index (χ0v) is 21.3. The topological polar surface area (TPSA) is 119 Å². The van der Waals surface area contributed by atoms with Crippen LogP contribution in [0.1, 0.15) is 44.2 Å². The van der Waals surface area contributed by atoms with Crippen LogP contribution in [0.15, 0.2) is 41.3 Å². The van der Waals surface area contributed by atoms with Crippen LogP contribution in [0.4, 0.5) is 5.69 Å². The summed E-state index contributed by atoms with van der Waals surface area (Å²) in [5.74, 6) is -1.19. The van der Waals surface area contributed by atoms with Crippen LogP contribution in [-0.2, 0) is 37.2 Å². The number of nitrogens with zero attached hydrogens (tertiary/aromatic N) is 3. The van der Waals surface area contributed by atoms with E-state index in [1.54, 1.807) is 12.1 Å². The molecule has 1 aromatic heterocycles. The highest BCUT2D eigenvalue weighted by molar-refractivity contribution is 7.89. The number of benzene rings is 2. The predicted molar refractivity (Wildman–Crippen MR) is 134 cm³/mol. The van der Waals surface area contributed by atoms with Crippen molar-refractivity contribution in [2.24, 2.45) is 0 Å². The smallest absolute Gasteiger partial charge is 0.324 e. The van der Waals surface area contributed by atoms with Crippen molar-refractivity contribution >= 4 is 50.3 Å². The Bertz CT molecular complexity index is 1320. The number of fused-ring (bicyclic) bond motifs is 1. The number of aromatic nitrogens is 2. The van der Waals surface area contributed by atoms with E-state index in [9.17, 15) is 18.0 Å². The second-order valence-corrected chi connectivity index (χ2v) is 10.7. The van der Waals surface area contributed by atoms with Gasteiger partial charge in [0.2, 0.25) is 10.0 Å². The Kier molecular flexibility index (Phi) is 7.78. The van der Waals surface area contributed by atoms with Crippen molar-refractivity contribution in [1.82, 2.24) is 13.1 Å². The second-order valence-electron chi connectivity index (χ2n) is 8.33. The normalized spacial score (nSPS) is 16.8. The van der Waals surface area contributed by atoms with Gasteiger partial charge in [-0.2, -0.15) is 13.1 Å². The molecule has 1 unspecified atom stereocenters. The Morgan fingerprint density at radius 2 is 1.80 bits per heavy atom. The first-order valence-corrected chi connectivity index (χ1v) is 13.8. The zero-order chi connectivity index (χ0) is 25.0. The molecule has 3 aromatic rings. The van der Waals surface area contributed by atoms with Crippen molar-refractivity contribution in [2.45, 2.75) is 56.9 Å². The van der Waals surface area contributed by atoms with Gasteiger partial charge in [0, 0.05) is 12.2 Å². The highest BCUT2D eigenvalue weighted by atomic mass is 32.2. The van der Waals surface area contributed by atoms with Gasteiger partial charge in [0.25, 0.3) is 5.91 Å². The fraction of sp³-hybridized carbons (Fsp3) is 0.417. The third-order valence-electron chi connectivity index (χ3n) is 6.17. The van der Waals surface area contributed by atoms with E-state index < -0.39 is 34.5 Å². The lowest BCUT2D eigenvalue weighted by atomic mass is 10.0. The van der Waals surface area contributed by atoms with Crippen molar-refractivity contribution in [3.63, 3.8) is 0 Å². The predicted octanol–water partition coefficient (Wildman–Crippen LogP) is 3.54. The van der Waals surface area contributed by atoms with Crippen molar-refractivity contribution < 1.29 is 22.7 Å². The number of anilines is 1. The molecule has 1 atom stereocenters. The number of piperidine rings is 1. The Labute approximate surface area is 208 Å². The first-order chi connectivity index (χ1) is 16.9. The summed E-state index contributed by atoms with van der Waals surface area (Å²) in [6.07, 6.45) is 3.13. The van der Waals surface area contributed by atoms with Crippen LogP contribution in [0, 0.1) is 0 Å². The van der Waals surface area contributed by atoms with E-state index in [0.29, 0.717) is 24.8 Å². The van der Waals surface area contributed by atoms with Gasteiger partial charge in [-0.1, -0.05) is 38.1 Å². The molecule has 4 rings (SSSR count). The number of nitrogens with one attached hydrogen (secondary N) is 1. The van der Waals surface area contributed by atoms with Crippen molar-refractivity contribution in [3.8, 4) is 0 Å². The van der Waals surface area contributed by atoms with E-state index >= 15 is 0 Å². The van der Waals surface area contributed by atoms with Crippen molar-refractivity contribution in [2.75, 3.05) is 18.5 Å². The maximum atomic E-state index is 13.5. The van der Waals surface area contributed by atoms with Gasteiger partial charge in [0.15, 0.2) is 6.61 Å². The molecule has 0 spiro atoms. The maximum Gasteiger partial charge on any atom is 0.324 e. The van der Waals surface area contributed by atoms with Crippen LogP contribution >= 0.6 is 11.7 Å². The van der Waals surface area contributed by atoms with E-state index in [2.05, 4.69) is 14.1 Å². The molecule has 1 amide bonds. The quantitative estimate of drug-likeness (QED) is 0.455. The van der Waals surface area contributed by atoms with Gasteiger partial charge in [0.1, 0.15) is 22.0 Å². The first-order valence-electron chi connectivity index (χ1n) is 11.7. The number of carbonyl (C=O) groups excluding carboxylic acids is 2. The van der Waals surface area contributed by atoms with Gasteiger partial charge in [-0.25, -0.2) is 8.42 Å². The van der Waals surface area contributed by atoms with E-state index in [1.807, 2.05) is 32.0 Å². The fourth-order valence-corrected chi connectivity index (χ4v) is 6.76. The molecule has 0 radical (unpaired) electrons. The van der Waals surface area contributed by atoms with E-state index in [0.717, 1.165) is 41.4 Å². The molecule has 1 N–H and O–H groups in total. The second kappa shape index (κ2) is 10.8. The van der Waals surface area contributed by atoms with Crippen molar-refractivity contribution in [3.05, 3.63) is 47.5 Å². The Morgan fingerprint density at radius 1 is 1.09 bits per heavy atom. The first kappa shape index (κ1) is 25.2. The van der Waals surface area contributed by atoms with Crippen LogP contribution in [0.5, 0.6) is 0 Å². The molecular weight excluding hydrogens is 488 g/mol. The number of hydrogen-bond acceptors (Lipinski definition) is 8. The molecule has 35 heavy (non-hydrogen) atoms. The lowest BCUT2D eigenvalue weighted by Crippen LogP contribution is -2.49. The lowest BCUT2D eigenvalue weighted by Gasteiger charge is -2.32. The van der Waals surface area contributed by atoms with E-state index in [-0.39, 0.29) is 17.0 Å². The average Bonchev–Trinajstić information content (AvgIpc) is 3.36. The molecule has 9 nitrogen and oxygen atoms in total. The van der Waals surface area contributed by atoms with Crippen LogP contribution < -0.4 is 5.32 Å². The van der Waals surface area contributed by atoms with Gasteiger partial charge in [0.05, 0.1) is 11.7 Å². The Balaban J connectivity index is 1.48. The zero-order valence-electron chi connectivity index (χ0n) is 19.7. The molecule has 1 aliphatic rings. The summed E-state index contributed by atoms with van der Waals surface area (Å²) in [5.41, 5.74) is 3.52.